The van der Waals surface area contributed by atoms with Crippen LogP contribution in [0, 0.1) is 0 Å². The van der Waals surface area contributed by atoms with Crippen LogP contribution >= 0.6 is 0 Å². The number of rotatable bonds is 4. The molecular formula is C22H28N4O2. The van der Waals surface area contributed by atoms with Gasteiger partial charge in [0.25, 0.3) is 0 Å². The van der Waals surface area contributed by atoms with Crippen LogP contribution in [0.3, 0.4) is 0 Å². The van der Waals surface area contributed by atoms with Gasteiger partial charge in [0.05, 0.1) is 0 Å². The van der Waals surface area contributed by atoms with Crippen LogP contribution in [0.4, 0.5) is 21.9 Å². The van der Waals surface area contributed by atoms with Crippen LogP contribution < -0.4 is 15.5 Å². The lowest BCUT2D eigenvalue weighted by molar-refractivity contribution is -0.114. The minimum absolute atomic E-state index is 0.0474. The molecule has 1 heterocycles. The molecule has 3 amide bonds. The Hall–Kier alpha value is -3.02. The molecule has 0 bridgehead atoms. The van der Waals surface area contributed by atoms with Crippen molar-refractivity contribution < 1.29 is 9.59 Å². The highest BCUT2D eigenvalue weighted by Crippen LogP contribution is 2.24. The van der Waals surface area contributed by atoms with Crippen molar-refractivity contribution in [2.75, 3.05) is 41.7 Å². The van der Waals surface area contributed by atoms with Gasteiger partial charge in [0.2, 0.25) is 5.91 Å². The lowest BCUT2D eigenvalue weighted by Gasteiger charge is -2.36. The van der Waals surface area contributed by atoms with E-state index in [1.807, 2.05) is 47.4 Å². The van der Waals surface area contributed by atoms with Gasteiger partial charge in [0.1, 0.15) is 0 Å². The molecule has 2 aromatic rings. The molecule has 0 unspecified atom stereocenters. The average molecular weight is 380 g/mol. The van der Waals surface area contributed by atoms with Crippen molar-refractivity contribution in [2.24, 2.45) is 0 Å². The summed E-state index contributed by atoms with van der Waals surface area (Å²) in [7, 11) is 0. The second-order valence-corrected chi connectivity index (χ2v) is 7.37. The van der Waals surface area contributed by atoms with Gasteiger partial charge in [-0.2, -0.15) is 0 Å². The molecule has 6 heteroatoms. The zero-order valence-corrected chi connectivity index (χ0v) is 16.7. The molecule has 6 nitrogen and oxygen atoms in total. The number of anilines is 3. The zero-order chi connectivity index (χ0) is 20.1. The number of hydrogen-bond donors (Lipinski definition) is 2. The van der Waals surface area contributed by atoms with Crippen LogP contribution in [0.15, 0.2) is 48.5 Å². The van der Waals surface area contributed by atoms with Crippen molar-refractivity contribution in [3.63, 3.8) is 0 Å². The van der Waals surface area contributed by atoms with Gasteiger partial charge >= 0.3 is 6.03 Å². The minimum atomic E-state index is -0.0774. The van der Waals surface area contributed by atoms with Gasteiger partial charge in [-0.1, -0.05) is 32.0 Å². The molecular weight excluding hydrogens is 352 g/mol. The van der Waals surface area contributed by atoms with Crippen molar-refractivity contribution in [3.05, 3.63) is 54.1 Å². The Morgan fingerprint density at radius 3 is 2.14 bits per heavy atom. The number of para-hydroxylation sites is 1. The molecule has 1 fully saturated rings. The Balaban J connectivity index is 1.56. The van der Waals surface area contributed by atoms with Crippen LogP contribution in [0.2, 0.25) is 0 Å². The fourth-order valence-electron chi connectivity index (χ4n) is 3.44. The van der Waals surface area contributed by atoms with E-state index in [1.165, 1.54) is 6.92 Å². The van der Waals surface area contributed by atoms with E-state index < -0.39 is 0 Å². The van der Waals surface area contributed by atoms with Crippen LogP contribution in [-0.2, 0) is 4.79 Å². The normalized spacial score (nSPS) is 14.1. The SMILES string of the molecule is CC(=O)Nc1ccc(N2CCN(C(=O)Nc3ccccc3C(C)C)CC2)cc1. The quantitative estimate of drug-likeness (QED) is 0.838. The molecule has 1 aliphatic heterocycles. The molecule has 0 radical (unpaired) electrons. The van der Waals surface area contributed by atoms with E-state index in [2.05, 4.69) is 35.4 Å². The van der Waals surface area contributed by atoms with E-state index in [0.29, 0.717) is 19.0 Å². The predicted octanol–water partition coefficient (Wildman–Crippen LogP) is 4.12. The molecule has 28 heavy (non-hydrogen) atoms. The third-order valence-electron chi connectivity index (χ3n) is 4.94. The maximum Gasteiger partial charge on any atom is 0.321 e. The van der Waals surface area contributed by atoms with Gasteiger partial charge in [-0.15, -0.1) is 0 Å². The third-order valence-corrected chi connectivity index (χ3v) is 4.94. The summed E-state index contributed by atoms with van der Waals surface area (Å²) >= 11 is 0. The summed E-state index contributed by atoms with van der Waals surface area (Å²) in [6.07, 6.45) is 0. The molecule has 1 aliphatic rings. The number of piperazine rings is 1. The minimum Gasteiger partial charge on any atom is -0.368 e. The topological polar surface area (TPSA) is 64.7 Å². The number of amides is 3. The highest BCUT2D eigenvalue weighted by Gasteiger charge is 2.22. The maximum atomic E-state index is 12.7. The molecule has 148 valence electrons. The monoisotopic (exact) mass is 380 g/mol. The van der Waals surface area contributed by atoms with Gasteiger partial charge in [-0.25, -0.2) is 4.79 Å². The molecule has 0 aliphatic carbocycles. The Morgan fingerprint density at radius 1 is 0.893 bits per heavy atom. The maximum absolute atomic E-state index is 12.7. The van der Waals surface area contributed by atoms with Gasteiger partial charge < -0.3 is 20.4 Å². The third kappa shape index (κ3) is 4.82. The standard InChI is InChI=1S/C22H28N4O2/c1-16(2)20-6-4-5-7-21(20)24-22(28)26-14-12-25(13-15-26)19-10-8-18(9-11-19)23-17(3)27/h4-11,16H,12-15H2,1-3H3,(H,23,27)(H,24,28). The average Bonchev–Trinajstić information content (AvgIpc) is 2.68. The number of carbonyl (C=O) groups is 2. The Morgan fingerprint density at radius 2 is 1.54 bits per heavy atom. The van der Waals surface area contributed by atoms with Crippen molar-refractivity contribution in [1.82, 2.24) is 4.90 Å². The smallest absolute Gasteiger partial charge is 0.321 e. The van der Waals surface area contributed by atoms with E-state index in [-0.39, 0.29) is 11.9 Å². The van der Waals surface area contributed by atoms with Crippen LogP contribution in [-0.4, -0.2) is 43.0 Å². The highest BCUT2D eigenvalue weighted by atomic mass is 16.2. The summed E-state index contributed by atoms with van der Waals surface area (Å²) in [5, 5.41) is 5.84. The van der Waals surface area contributed by atoms with Crippen LogP contribution in [0.5, 0.6) is 0 Å². The number of urea groups is 1. The van der Waals surface area contributed by atoms with Crippen molar-refractivity contribution in [1.29, 1.82) is 0 Å². The molecule has 1 saturated heterocycles. The van der Waals surface area contributed by atoms with Crippen LogP contribution in [0.25, 0.3) is 0 Å². The Bertz CT molecular complexity index is 825. The fraction of sp³-hybridized carbons (Fsp3) is 0.364. The van der Waals surface area contributed by atoms with Crippen molar-refractivity contribution >= 4 is 29.0 Å². The van der Waals surface area contributed by atoms with Crippen molar-refractivity contribution in [2.45, 2.75) is 26.7 Å². The highest BCUT2D eigenvalue weighted by molar-refractivity contribution is 5.90. The van der Waals surface area contributed by atoms with E-state index >= 15 is 0 Å². The zero-order valence-electron chi connectivity index (χ0n) is 16.7. The molecule has 0 spiro atoms. The molecule has 2 N–H and O–H groups in total. The first-order valence-corrected chi connectivity index (χ1v) is 9.71. The second-order valence-electron chi connectivity index (χ2n) is 7.37. The van der Waals surface area contributed by atoms with E-state index in [1.54, 1.807) is 0 Å². The Labute approximate surface area is 166 Å². The number of benzene rings is 2. The molecule has 0 aromatic heterocycles. The first kappa shape index (κ1) is 19.7. The number of carbonyl (C=O) groups excluding carboxylic acids is 2. The molecule has 0 saturated carbocycles. The summed E-state index contributed by atoms with van der Waals surface area (Å²) in [5.74, 6) is 0.278. The van der Waals surface area contributed by atoms with Gasteiger partial charge in [-0.3, -0.25) is 4.79 Å². The summed E-state index contributed by atoms with van der Waals surface area (Å²) in [6, 6.07) is 15.7. The van der Waals surface area contributed by atoms with Crippen LogP contribution in [0.1, 0.15) is 32.3 Å². The molecule has 0 atom stereocenters. The van der Waals surface area contributed by atoms with E-state index in [0.717, 1.165) is 35.7 Å². The Kier molecular flexibility index (Phi) is 6.19. The molecule has 3 rings (SSSR count). The summed E-state index contributed by atoms with van der Waals surface area (Å²) in [4.78, 5) is 27.9. The van der Waals surface area contributed by atoms with Gasteiger partial charge in [0.15, 0.2) is 0 Å². The van der Waals surface area contributed by atoms with Crippen molar-refractivity contribution in [3.8, 4) is 0 Å². The summed E-state index contributed by atoms with van der Waals surface area (Å²) in [5.41, 5.74) is 3.92. The van der Waals surface area contributed by atoms with E-state index in [4.69, 9.17) is 0 Å². The first-order valence-electron chi connectivity index (χ1n) is 9.71. The number of nitrogens with one attached hydrogen (secondary N) is 2. The fourth-order valence-corrected chi connectivity index (χ4v) is 3.44. The van der Waals surface area contributed by atoms with Gasteiger partial charge in [-0.05, 0) is 41.8 Å². The number of hydrogen-bond acceptors (Lipinski definition) is 3. The second kappa shape index (κ2) is 8.78. The lowest BCUT2D eigenvalue weighted by atomic mass is 10.0. The summed E-state index contributed by atoms with van der Waals surface area (Å²) < 4.78 is 0. The number of nitrogens with zero attached hydrogens (tertiary/aromatic N) is 2. The lowest BCUT2D eigenvalue weighted by Crippen LogP contribution is -2.50. The first-order chi connectivity index (χ1) is 13.4. The largest absolute Gasteiger partial charge is 0.368 e. The van der Waals surface area contributed by atoms with Gasteiger partial charge in [0, 0.05) is 50.2 Å². The summed E-state index contributed by atoms with van der Waals surface area (Å²) in [6.45, 7) is 8.64. The van der Waals surface area contributed by atoms with E-state index in [9.17, 15) is 9.59 Å². The molecule has 2 aromatic carbocycles. The predicted molar refractivity (Wildman–Crippen MR) is 114 cm³/mol.